The minimum Gasteiger partial charge on any atom is -0.300 e. The van der Waals surface area contributed by atoms with Gasteiger partial charge in [-0.2, -0.15) is 0 Å². The van der Waals surface area contributed by atoms with Gasteiger partial charge in [-0.1, -0.05) is 29.8 Å². The highest BCUT2D eigenvalue weighted by Crippen LogP contribution is 2.37. The Kier molecular flexibility index (Phi) is 6.25. The van der Waals surface area contributed by atoms with Crippen molar-refractivity contribution in [3.8, 4) is 0 Å². The van der Waals surface area contributed by atoms with Crippen LogP contribution in [0.4, 0.5) is 5.69 Å². The van der Waals surface area contributed by atoms with Gasteiger partial charge in [0.2, 0.25) is 0 Å². The van der Waals surface area contributed by atoms with E-state index in [2.05, 4.69) is 0 Å². The van der Waals surface area contributed by atoms with Crippen LogP contribution in [-0.2, 0) is 20.8 Å². The molecule has 3 rings (SSSR count). The van der Waals surface area contributed by atoms with E-state index in [1.54, 1.807) is 12.1 Å². The predicted octanol–water partition coefficient (Wildman–Crippen LogP) is 4.35. The van der Waals surface area contributed by atoms with Crippen molar-refractivity contribution in [3.05, 3.63) is 74.3 Å². The largest absolute Gasteiger partial charge is 0.300 e. The summed E-state index contributed by atoms with van der Waals surface area (Å²) >= 11 is 0. The topological polar surface area (TPSA) is 94.3 Å². The fraction of sp³-hybridized carbons (Fsp3) is 0.375. The lowest BCUT2D eigenvalue weighted by Crippen LogP contribution is -2.19. The number of ketones is 3. The van der Waals surface area contributed by atoms with Gasteiger partial charge in [0.15, 0.2) is 5.78 Å². The molecule has 1 aliphatic carbocycles. The standard InChI is InChI=1S/C24H25NO5/c1-14-9-15(2)22(16(3)10-14)23-21(27)13-18(24(23)28)12-20(26)8-7-17-5-4-6-19(11-17)25(29)30/h4-6,9-11,18,23H,7-8,12-13H2,1-3H3. The maximum absolute atomic E-state index is 13.0. The summed E-state index contributed by atoms with van der Waals surface area (Å²) in [4.78, 5) is 48.5. The van der Waals surface area contributed by atoms with Crippen molar-refractivity contribution in [2.45, 2.75) is 52.4 Å². The van der Waals surface area contributed by atoms with E-state index < -0.39 is 16.8 Å². The molecule has 6 nitrogen and oxygen atoms in total. The molecule has 1 aliphatic rings. The lowest BCUT2D eigenvalue weighted by atomic mass is 9.86. The Morgan fingerprint density at radius 3 is 2.40 bits per heavy atom. The Morgan fingerprint density at radius 1 is 1.10 bits per heavy atom. The third-order valence-corrected chi connectivity index (χ3v) is 5.77. The van der Waals surface area contributed by atoms with E-state index in [1.165, 1.54) is 12.1 Å². The Hall–Kier alpha value is -3.15. The zero-order valence-electron chi connectivity index (χ0n) is 17.4. The summed E-state index contributed by atoms with van der Waals surface area (Å²) in [6.07, 6.45) is 0.695. The SMILES string of the molecule is Cc1cc(C)c(C2C(=O)CC(CC(=O)CCc3cccc([N+](=O)[O-])c3)C2=O)c(C)c1. The van der Waals surface area contributed by atoms with Crippen molar-refractivity contribution >= 4 is 23.0 Å². The van der Waals surface area contributed by atoms with Gasteiger partial charge in [-0.15, -0.1) is 0 Å². The number of nitro groups is 1. The van der Waals surface area contributed by atoms with Crippen LogP contribution in [0.1, 0.15) is 53.0 Å². The number of hydrogen-bond donors (Lipinski definition) is 0. The molecule has 0 amide bonds. The number of nitro benzene ring substituents is 1. The van der Waals surface area contributed by atoms with E-state index in [1.807, 2.05) is 32.9 Å². The van der Waals surface area contributed by atoms with Crippen LogP contribution in [0, 0.1) is 36.8 Å². The molecule has 2 aromatic carbocycles. The third-order valence-electron chi connectivity index (χ3n) is 5.77. The molecular formula is C24H25NO5. The van der Waals surface area contributed by atoms with Crippen molar-refractivity contribution in [2.75, 3.05) is 0 Å². The van der Waals surface area contributed by atoms with Gasteiger partial charge < -0.3 is 0 Å². The number of nitrogens with zero attached hydrogens (tertiary/aromatic N) is 1. The van der Waals surface area contributed by atoms with E-state index in [0.717, 1.165) is 22.3 Å². The molecule has 1 saturated carbocycles. The van der Waals surface area contributed by atoms with E-state index in [0.29, 0.717) is 12.0 Å². The van der Waals surface area contributed by atoms with E-state index in [-0.39, 0.29) is 42.3 Å². The molecule has 0 spiro atoms. The van der Waals surface area contributed by atoms with Gasteiger partial charge >= 0.3 is 0 Å². The number of aryl methyl sites for hydroxylation is 4. The molecule has 0 bridgehead atoms. The first-order chi connectivity index (χ1) is 14.2. The van der Waals surface area contributed by atoms with E-state index in [4.69, 9.17) is 0 Å². The first kappa shape index (κ1) is 21.6. The Bertz CT molecular complexity index is 1020. The number of carbonyl (C=O) groups is 3. The smallest absolute Gasteiger partial charge is 0.269 e. The molecule has 2 aromatic rings. The van der Waals surface area contributed by atoms with Crippen molar-refractivity contribution in [1.82, 2.24) is 0 Å². The number of carbonyl (C=O) groups excluding carboxylic acids is 3. The molecule has 0 aromatic heterocycles. The minimum atomic E-state index is -0.778. The first-order valence-corrected chi connectivity index (χ1v) is 10.1. The lowest BCUT2D eigenvalue weighted by molar-refractivity contribution is -0.384. The van der Waals surface area contributed by atoms with Gasteiger partial charge in [-0.05, 0) is 49.4 Å². The Balaban J connectivity index is 1.66. The van der Waals surface area contributed by atoms with Crippen molar-refractivity contribution in [1.29, 1.82) is 0 Å². The van der Waals surface area contributed by atoms with Crippen LogP contribution < -0.4 is 0 Å². The van der Waals surface area contributed by atoms with Crippen molar-refractivity contribution in [3.63, 3.8) is 0 Å². The molecule has 156 valence electrons. The summed E-state index contributed by atoms with van der Waals surface area (Å²) in [6.45, 7) is 5.80. The second-order valence-electron chi connectivity index (χ2n) is 8.18. The summed E-state index contributed by atoms with van der Waals surface area (Å²) in [6, 6.07) is 10.1. The molecule has 2 atom stereocenters. The summed E-state index contributed by atoms with van der Waals surface area (Å²) in [5, 5.41) is 10.9. The molecular weight excluding hydrogens is 382 g/mol. The van der Waals surface area contributed by atoms with Gasteiger partial charge in [0.25, 0.3) is 5.69 Å². The van der Waals surface area contributed by atoms with Gasteiger partial charge in [-0.25, -0.2) is 0 Å². The molecule has 2 unspecified atom stereocenters. The van der Waals surface area contributed by atoms with E-state index in [9.17, 15) is 24.5 Å². The quantitative estimate of drug-likeness (QED) is 0.386. The predicted molar refractivity (Wildman–Crippen MR) is 113 cm³/mol. The number of benzene rings is 2. The summed E-state index contributed by atoms with van der Waals surface area (Å²) in [5.41, 5.74) is 4.41. The molecule has 0 aliphatic heterocycles. The van der Waals surface area contributed by atoms with Crippen molar-refractivity contribution in [2.24, 2.45) is 5.92 Å². The van der Waals surface area contributed by atoms with Gasteiger partial charge in [-0.3, -0.25) is 24.5 Å². The highest BCUT2D eigenvalue weighted by atomic mass is 16.6. The fourth-order valence-electron chi connectivity index (χ4n) is 4.46. The molecule has 0 radical (unpaired) electrons. The molecule has 6 heteroatoms. The molecule has 0 N–H and O–H groups in total. The van der Waals surface area contributed by atoms with Crippen LogP contribution in [0.3, 0.4) is 0 Å². The minimum absolute atomic E-state index is 0.0109. The average molecular weight is 407 g/mol. The fourth-order valence-corrected chi connectivity index (χ4v) is 4.46. The maximum atomic E-state index is 13.0. The summed E-state index contributed by atoms with van der Waals surface area (Å²) < 4.78 is 0. The van der Waals surface area contributed by atoms with Gasteiger partial charge in [0.1, 0.15) is 17.5 Å². The second kappa shape index (κ2) is 8.69. The normalized spacial score (nSPS) is 18.6. The van der Waals surface area contributed by atoms with Crippen LogP contribution in [-0.4, -0.2) is 22.3 Å². The number of non-ortho nitro benzene ring substituents is 1. The third kappa shape index (κ3) is 4.53. The van der Waals surface area contributed by atoms with Crippen LogP contribution in [0.25, 0.3) is 0 Å². The summed E-state index contributed by atoms with van der Waals surface area (Å²) in [5.74, 6) is -1.75. The number of rotatable bonds is 7. The average Bonchev–Trinajstić information content (AvgIpc) is 2.93. The molecule has 0 heterocycles. The van der Waals surface area contributed by atoms with Crippen LogP contribution in [0.15, 0.2) is 36.4 Å². The highest BCUT2D eigenvalue weighted by Gasteiger charge is 2.43. The first-order valence-electron chi connectivity index (χ1n) is 10.1. The molecule has 0 saturated heterocycles. The number of hydrogen-bond acceptors (Lipinski definition) is 5. The molecule has 1 fully saturated rings. The monoisotopic (exact) mass is 407 g/mol. The second-order valence-corrected chi connectivity index (χ2v) is 8.18. The zero-order valence-corrected chi connectivity index (χ0v) is 17.4. The van der Waals surface area contributed by atoms with Crippen molar-refractivity contribution < 1.29 is 19.3 Å². The lowest BCUT2D eigenvalue weighted by Gasteiger charge is -2.16. The Morgan fingerprint density at radius 2 is 1.77 bits per heavy atom. The Labute approximate surface area is 175 Å². The number of Topliss-reactive ketones (excluding diaryl/α,β-unsaturated/α-hetero) is 3. The maximum Gasteiger partial charge on any atom is 0.269 e. The molecule has 30 heavy (non-hydrogen) atoms. The van der Waals surface area contributed by atoms with Gasteiger partial charge in [0, 0.05) is 37.3 Å². The zero-order chi connectivity index (χ0) is 22.0. The van der Waals surface area contributed by atoms with Crippen LogP contribution in [0.2, 0.25) is 0 Å². The van der Waals surface area contributed by atoms with Gasteiger partial charge in [0.05, 0.1) is 4.92 Å². The van der Waals surface area contributed by atoms with Crippen LogP contribution >= 0.6 is 0 Å². The highest BCUT2D eigenvalue weighted by molar-refractivity contribution is 6.15. The summed E-state index contributed by atoms with van der Waals surface area (Å²) in [7, 11) is 0. The van der Waals surface area contributed by atoms with E-state index >= 15 is 0 Å². The van der Waals surface area contributed by atoms with Crippen LogP contribution in [0.5, 0.6) is 0 Å².